The first-order valence-electron chi connectivity index (χ1n) is 8.03. The topological polar surface area (TPSA) is 3.24 Å². The van der Waals surface area contributed by atoms with Crippen molar-refractivity contribution in [2.24, 2.45) is 0 Å². The van der Waals surface area contributed by atoms with E-state index in [4.69, 9.17) is 0 Å². The normalized spacial score (nSPS) is 10.8. The van der Waals surface area contributed by atoms with Gasteiger partial charge in [-0.3, -0.25) is 0 Å². The second kappa shape index (κ2) is 8.00. The summed E-state index contributed by atoms with van der Waals surface area (Å²) in [6.45, 7) is 0.956. The highest BCUT2D eigenvalue weighted by molar-refractivity contribution is 5.63. The third-order valence-corrected chi connectivity index (χ3v) is 3.76. The monoisotopic (exact) mass is 299 g/mol. The summed E-state index contributed by atoms with van der Waals surface area (Å²) in [6.07, 6.45) is 5.43. The summed E-state index contributed by atoms with van der Waals surface area (Å²) in [5, 5.41) is 0. The Hall–Kier alpha value is -2.80. The maximum absolute atomic E-state index is 2.36. The zero-order chi connectivity index (χ0) is 15.7. The molecule has 114 valence electrons. The summed E-state index contributed by atoms with van der Waals surface area (Å²) < 4.78 is 0. The fourth-order valence-electron chi connectivity index (χ4n) is 2.61. The Balaban J connectivity index is 1.71. The van der Waals surface area contributed by atoms with Crippen LogP contribution in [0, 0.1) is 0 Å². The van der Waals surface area contributed by atoms with Crippen molar-refractivity contribution in [2.75, 3.05) is 11.4 Å². The molecule has 0 unspecified atom stereocenters. The summed E-state index contributed by atoms with van der Waals surface area (Å²) in [5.41, 5.74) is 3.71. The Morgan fingerprint density at radius 2 is 1.09 bits per heavy atom. The quantitative estimate of drug-likeness (QED) is 0.545. The van der Waals surface area contributed by atoms with E-state index in [1.807, 2.05) is 6.07 Å². The molecule has 0 saturated carbocycles. The minimum atomic E-state index is 0.956. The molecule has 0 bridgehead atoms. The number of nitrogens with zero attached hydrogens (tertiary/aromatic N) is 1. The maximum Gasteiger partial charge on any atom is 0.0410 e. The lowest BCUT2D eigenvalue weighted by atomic mass is 10.2. The van der Waals surface area contributed by atoms with E-state index in [1.54, 1.807) is 0 Å². The first kappa shape index (κ1) is 15.1. The van der Waals surface area contributed by atoms with Gasteiger partial charge in [-0.15, -0.1) is 0 Å². The van der Waals surface area contributed by atoms with Crippen LogP contribution in [0.2, 0.25) is 0 Å². The van der Waals surface area contributed by atoms with E-state index in [9.17, 15) is 0 Å². The van der Waals surface area contributed by atoms with Gasteiger partial charge >= 0.3 is 0 Å². The van der Waals surface area contributed by atoms with E-state index in [-0.39, 0.29) is 0 Å². The van der Waals surface area contributed by atoms with Gasteiger partial charge in [-0.1, -0.05) is 78.9 Å². The molecule has 0 aliphatic carbocycles. The Morgan fingerprint density at radius 1 is 0.609 bits per heavy atom. The van der Waals surface area contributed by atoms with Crippen molar-refractivity contribution < 1.29 is 0 Å². The summed E-state index contributed by atoms with van der Waals surface area (Å²) in [7, 11) is 0. The Bertz CT molecular complexity index is 678. The third-order valence-electron chi connectivity index (χ3n) is 3.76. The van der Waals surface area contributed by atoms with E-state index in [1.165, 1.54) is 16.9 Å². The average Bonchev–Trinajstić information content (AvgIpc) is 2.64. The molecular weight excluding hydrogens is 278 g/mol. The van der Waals surface area contributed by atoms with Gasteiger partial charge in [0, 0.05) is 17.9 Å². The fraction of sp³-hybridized carbons (Fsp3) is 0.0909. The molecular formula is C22H21N. The molecule has 0 aliphatic heterocycles. The second-order valence-corrected chi connectivity index (χ2v) is 5.42. The number of hydrogen-bond acceptors (Lipinski definition) is 1. The number of para-hydroxylation sites is 2. The molecule has 0 aliphatic rings. The standard InChI is InChI=1S/C22H21N/c1-4-12-20(13-5-1)14-10-11-19-23(21-15-6-2-7-16-21)22-17-8-3-9-18-22/h1-10,12-18H,11,19H2. The van der Waals surface area contributed by atoms with Crippen LogP contribution in [0.15, 0.2) is 97.1 Å². The van der Waals surface area contributed by atoms with Crippen LogP contribution < -0.4 is 4.90 Å². The highest BCUT2D eigenvalue weighted by Crippen LogP contribution is 2.25. The first-order valence-corrected chi connectivity index (χ1v) is 8.03. The highest BCUT2D eigenvalue weighted by Gasteiger charge is 2.07. The predicted octanol–water partition coefficient (Wildman–Crippen LogP) is 5.93. The minimum Gasteiger partial charge on any atom is -0.341 e. The van der Waals surface area contributed by atoms with Crippen LogP contribution in [0.25, 0.3) is 6.08 Å². The number of anilines is 2. The van der Waals surface area contributed by atoms with Gasteiger partial charge in [-0.25, -0.2) is 0 Å². The smallest absolute Gasteiger partial charge is 0.0410 e. The molecule has 3 aromatic carbocycles. The van der Waals surface area contributed by atoms with Gasteiger partial charge in [0.2, 0.25) is 0 Å². The fourth-order valence-corrected chi connectivity index (χ4v) is 2.61. The molecule has 1 nitrogen and oxygen atoms in total. The molecule has 0 atom stereocenters. The van der Waals surface area contributed by atoms with Crippen molar-refractivity contribution in [2.45, 2.75) is 6.42 Å². The Kier molecular flexibility index (Phi) is 5.25. The van der Waals surface area contributed by atoms with E-state index >= 15 is 0 Å². The van der Waals surface area contributed by atoms with Gasteiger partial charge in [-0.2, -0.15) is 0 Å². The van der Waals surface area contributed by atoms with Crippen molar-refractivity contribution in [1.82, 2.24) is 0 Å². The van der Waals surface area contributed by atoms with Crippen molar-refractivity contribution in [3.8, 4) is 0 Å². The van der Waals surface area contributed by atoms with E-state index in [2.05, 4.69) is 102 Å². The zero-order valence-corrected chi connectivity index (χ0v) is 13.2. The van der Waals surface area contributed by atoms with Crippen LogP contribution >= 0.6 is 0 Å². The third kappa shape index (κ3) is 4.33. The van der Waals surface area contributed by atoms with Crippen LogP contribution in [-0.4, -0.2) is 6.54 Å². The molecule has 23 heavy (non-hydrogen) atoms. The molecule has 0 saturated heterocycles. The lowest BCUT2D eigenvalue weighted by molar-refractivity contribution is 0.943. The summed E-state index contributed by atoms with van der Waals surface area (Å²) in [6, 6.07) is 31.6. The molecule has 3 rings (SSSR count). The largest absolute Gasteiger partial charge is 0.341 e. The van der Waals surface area contributed by atoms with Crippen LogP contribution in [0.4, 0.5) is 11.4 Å². The molecule has 0 N–H and O–H groups in total. The Morgan fingerprint density at radius 3 is 1.61 bits per heavy atom. The van der Waals surface area contributed by atoms with Gasteiger partial charge in [0.25, 0.3) is 0 Å². The SMILES string of the molecule is C(=Cc1ccccc1)CCN(c1ccccc1)c1ccccc1. The molecule has 0 aromatic heterocycles. The van der Waals surface area contributed by atoms with E-state index in [0.29, 0.717) is 0 Å². The highest BCUT2D eigenvalue weighted by atomic mass is 15.1. The molecule has 0 fully saturated rings. The molecule has 1 heteroatoms. The van der Waals surface area contributed by atoms with Gasteiger partial charge in [0.15, 0.2) is 0 Å². The summed E-state index contributed by atoms with van der Waals surface area (Å²) in [5.74, 6) is 0. The summed E-state index contributed by atoms with van der Waals surface area (Å²) in [4.78, 5) is 2.36. The number of rotatable bonds is 6. The minimum absolute atomic E-state index is 0.956. The van der Waals surface area contributed by atoms with Crippen LogP contribution in [-0.2, 0) is 0 Å². The molecule has 0 amide bonds. The molecule has 0 heterocycles. The average molecular weight is 299 g/mol. The van der Waals surface area contributed by atoms with E-state index in [0.717, 1.165) is 13.0 Å². The molecule has 0 radical (unpaired) electrons. The predicted molar refractivity (Wildman–Crippen MR) is 100.0 cm³/mol. The van der Waals surface area contributed by atoms with Gasteiger partial charge in [0.1, 0.15) is 0 Å². The first-order chi connectivity index (χ1) is 11.4. The van der Waals surface area contributed by atoms with Crippen molar-refractivity contribution >= 4 is 17.5 Å². The summed E-state index contributed by atoms with van der Waals surface area (Å²) >= 11 is 0. The number of hydrogen-bond donors (Lipinski definition) is 0. The maximum atomic E-state index is 2.36. The van der Waals surface area contributed by atoms with Crippen molar-refractivity contribution in [1.29, 1.82) is 0 Å². The lowest BCUT2D eigenvalue weighted by Crippen LogP contribution is -2.17. The lowest BCUT2D eigenvalue weighted by Gasteiger charge is -2.24. The van der Waals surface area contributed by atoms with Gasteiger partial charge < -0.3 is 4.90 Å². The van der Waals surface area contributed by atoms with Gasteiger partial charge in [0.05, 0.1) is 0 Å². The van der Waals surface area contributed by atoms with E-state index < -0.39 is 0 Å². The Labute approximate surface area is 138 Å². The second-order valence-electron chi connectivity index (χ2n) is 5.42. The van der Waals surface area contributed by atoms with Crippen LogP contribution in [0.1, 0.15) is 12.0 Å². The van der Waals surface area contributed by atoms with Gasteiger partial charge in [-0.05, 0) is 36.2 Å². The van der Waals surface area contributed by atoms with Crippen molar-refractivity contribution in [3.63, 3.8) is 0 Å². The molecule has 0 spiro atoms. The van der Waals surface area contributed by atoms with Crippen LogP contribution in [0.5, 0.6) is 0 Å². The molecule has 3 aromatic rings. The number of benzene rings is 3. The zero-order valence-electron chi connectivity index (χ0n) is 13.2. The van der Waals surface area contributed by atoms with Crippen molar-refractivity contribution in [3.05, 3.63) is 103 Å². The van der Waals surface area contributed by atoms with Crippen LogP contribution in [0.3, 0.4) is 0 Å².